The number of benzene rings is 1. The molecule has 0 spiro atoms. The first kappa shape index (κ1) is 19.0. The van der Waals surface area contributed by atoms with Crippen LogP contribution >= 0.6 is 11.3 Å². The Kier molecular flexibility index (Phi) is 5.08. The molecule has 7 nitrogen and oxygen atoms in total. The summed E-state index contributed by atoms with van der Waals surface area (Å²) in [5.74, 6) is 0.592. The Morgan fingerprint density at radius 1 is 1.03 bits per heavy atom. The molecule has 8 heteroatoms. The summed E-state index contributed by atoms with van der Waals surface area (Å²) in [6.45, 7) is 2.60. The lowest BCUT2D eigenvalue weighted by atomic mass is 10.2. The number of rotatable bonds is 4. The van der Waals surface area contributed by atoms with Crippen LogP contribution in [0.2, 0.25) is 0 Å². The number of pyridine rings is 1. The molecule has 1 aromatic carbocycles. The minimum atomic E-state index is -0.484. The van der Waals surface area contributed by atoms with E-state index in [9.17, 15) is 9.59 Å². The van der Waals surface area contributed by atoms with Gasteiger partial charge in [0.05, 0.1) is 15.8 Å². The van der Waals surface area contributed by atoms with Gasteiger partial charge in [-0.05, 0) is 49.9 Å². The van der Waals surface area contributed by atoms with Gasteiger partial charge in [-0.1, -0.05) is 23.5 Å². The van der Waals surface area contributed by atoms with Crippen molar-refractivity contribution in [1.82, 2.24) is 14.9 Å². The van der Waals surface area contributed by atoms with Gasteiger partial charge >= 0.3 is 0 Å². The number of hydrogen-bond donors (Lipinski definition) is 1. The summed E-state index contributed by atoms with van der Waals surface area (Å²) >= 11 is 1.44. The summed E-state index contributed by atoms with van der Waals surface area (Å²) in [5.41, 5.74) is 1.39. The summed E-state index contributed by atoms with van der Waals surface area (Å²) in [5, 5.41) is 3.47. The summed E-state index contributed by atoms with van der Waals surface area (Å²) in [7, 11) is 0. The molecule has 0 radical (unpaired) electrons. The van der Waals surface area contributed by atoms with Gasteiger partial charge in [0.1, 0.15) is 11.9 Å². The van der Waals surface area contributed by atoms with Gasteiger partial charge in [0.15, 0.2) is 5.13 Å². The van der Waals surface area contributed by atoms with E-state index in [-0.39, 0.29) is 11.8 Å². The van der Waals surface area contributed by atoms with Crippen LogP contribution in [0.1, 0.15) is 36.0 Å². The number of likely N-dealkylation sites (tertiary alicyclic amines) is 1. The van der Waals surface area contributed by atoms with E-state index in [1.165, 1.54) is 24.2 Å². The number of carbonyl (C=O) groups is 2. The molecule has 2 aliphatic heterocycles. The van der Waals surface area contributed by atoms with Crippen molar-refractivity contribution in [2.45, 2.75) is 31.7 Å². The number of para-hydroxylation sites is 1. The van der Waals surface area contributed by atoms with Crippen LogP contribution in [0.3, 0.4) is 0 Å². The van der Waals surface area contributed by atoms with Crippen molar-refractivity contribution >= 4 is 44.3 Å². The van der Waals surface area contributed by atoms with E-state index in [4.69, 9.17) is 0 Å². The number of amides is 2. The molecular formula is C22H23N5O2S. The normalized spacial score (nSPS) is 18.9. The molecule has 1 N–H and O–H groups in total. The van der Waals surface area contributed by atoms with Crippen LogP contribution in [0.5, 0.6) is 0 Å². The number of nitrogens with one attached hydrogen (secondary N) is 1. The fourth-order valence-corrected chi connectivity index (χ4v) is 5.08. The first-order valence-electron chi connectivity index (χ1n) is 10.4. The highest BCUT2D eigenvalue weighted by Gasteiger charge is 2.35. The summed E-state index contributed by atoms with van der Waals surface area (Å²) in [6, 6.07) is 11.0. The standard InChI is InChI=1S/C22H23N5O2S/c28-20(25-22-24-16-6-1-2-8-18(16)30-22)17-7-5-13-27(17)21(29)15-9-10-19(23-14-15)26-11-3-4-12-26/h1-2,6,8-10,14,17H,3-5,7,11-13H2,(H,24,25,28). The number of anilines is 2. The van der Waals surface area contributed by atoms with Gasteiger partial charge in [0.25, 0.3) is 5.91 Å². The second kappa shape index (κ2) is 8.02. The van der Waals surface area contributed by atoms with Crippen molar-refractivity contribution in [3.05, 3.63) is 48.2 Å². The number of hydrogen-bond acceptors (Lipinski definition) is 6. The second-order valence-electron chi connectivity index (χ2n) is 7.73. The zero-order valence-corrected chi connectivity index (χ0v) is 17.4. The van der Waals surface area contributed by atoms with Crippen LogP contribution in [0.15, 0.2) is 42.6 Å². The molecule has 2 aromatic heterocycles. The Morgan fingerprint density at radius 2 is 1.87 bits per heavy atom. The minimum absolute atomic E-state index is 0.141. The van der Waals surface area contributed by atoms with Crippen molar-refractivity contribution in [3.8, 4) is 0 Å². The van der Waals surface area contributed by atoms with E-state index in [1.807, 2.05) is 36.4 Å². The molecule has 2 fully saturated rings. The molecule has 154 valence electrons. The summed E-state index contributed by atoms with van der Waals surface area (Å²) in [4.78, 5) is 38.8. The molecule has 1 atom stereocenters. The molecule has 4 heterocycles. The smallest absolute Gasteiger partial charge is 0.256 e. The van der Waals surface area contributed by atoms with Gasteiger partial charge in [-0.15, -0.1) is 0 Å². The van der Waals surface area contributed by atoms with Crippen molar-refractivity contribution < 1.29 is 9.59 Å². The fraction of sp³-hybridized carbons (Fsp3) is 0.364. The number of aromatic nitrogens is 2. The SMILES string of the molecule is O=C(Nc1nc2ccccc2s1)C1CCCN1C(=O)c1ccc(N2CCCC2)nc1. The number of nitrogens with zero attached hydrogens (tertiary/aromatic N) is 4. The largest absolute Gasteiger partial charge is 0.357 e. The fourth-order valence-electron chi connectivity index (χ4n) is 4.21. The predicted octanol–water partition coefficient (Wildman–Crippen LogP) is 3.53. The highest BCUT2D eigenvalue weighted by atomic mass is 32.1. The Morgan fingerprint density at radius 3 is 2.63 bits per heavy atom. The Hall–Kier alpha value is -3.00. The van der Waals surface area contributed by atoms with Crippen LogP contribution in [0, 0.1) is 0 Å². The molecule has 0 bridgehead atoms. The van der Waals surface area contributed by atoms with E-state index in [2.05, 4.69) is 20.2 Å². The van der Waals surface area contributed by atoms with E-state index < -0.39 is 6.04 Å². The average Bonchev–Trinajstić information content (AvgIpc) is 3.53. The first-order chi connectivity index (χ1) is 14.7. The molecule has 30 heavy (non-hydrogen) atoms. The van der Waals surface area contributed by atoms with Crippen molar-refractivity contribution in [2.75, 3.05) is 29.9 Å². The van der Waals surface area contributed by atoms with Crippen molar-refractivity contribution in [3.63, 3.8) is 0 Å². The maximum Gasteiger partial charge on any atom is 0.256 e. The summed E-state index contributed by atoms with van der Waals surface area (Å²) in [6.07, 6.45) is 5.46. The highest BCUT2D eigenvalue weighted by molar-refractivity contribution is 7.22. The van der Waals surface area contributed by atoms with Gasteiger partial charge in [-0.2, -0.15) is 0 Å². The molecule has 3 aromatic rings. The third kappa shape index (κ3) is 3.63. The molecule has 2 amide bonds. The summed E-state index contributed by atoms with van der Waals surface area (Å²) < 4.78 is 1.02. The maximum atomic E-state index is 13.1. The highest BCUT2D eigenvalue weighted by Crippen LogP contribution is 2.27. The van der Waals surface area contributed by atoms with Gasteiger partial charge < -0.3 is 15.1 Å². The first-order valence-corrected chi connectivity index (χ1v) is 11.2. The molecule has 2 aliphatic rings. The molecular weight excluding hydrogens is 398 g/mol. The lowest BCUT2D eigenvalue weighted by Crippen LogP contribution is -2.43. The van der Waals surface area contributed by atoms with E-state index in [0.717, 1.165) is 35.5 Å². The zero-order chi connectivity index (χ0) is 20.5. The average molecular weight is 422 g/mol. The van der Waals surface area contributed by atoms with Crippen LogP contribution in [-0.2, 0) is 4.79 Å². The van der Waals surface area contributed by atoms with Crippen LogP contribution in [-0.4, -0.2) is 52.4 Å². The number of fused-ring (bicyclic) bond motifs is 1. The minimum Gasteiger partial charge on any atom is -0.357 e. The number of carbonyl (C=O) groups excluding carboxylic acids is 2. The van der Waals surface area contributed by atoms with Crippen LogP contribution < -0.4 is 10.2 Å². The van der Waals surface area contributed by atoms with E-state index in [1.54, 1.807) is 11.1 Å². The second-order valence-corrected chi connectivity index (χ2v) is 8.76. The van der Waals surface area contributed by atoms with Gasteiger partial charge in [-0.3, -0.25) is 9.59 Å². The number of thiazole rings is 1. The lowest BCUT2D eigenvalue weighted by molar-refractivity contribution is -0.119. The third-order valence-corrected chi connectivity index (χ3v) is 6.72. The van der Waals surface area contributed by atoms with E-state index >= 15 is 0 Å². The maximum absolute atomic E-state index is 13.1. The quantitative estimate of drug-likeness (QED) is 0.697. The lowest BCUT2D eigenvalue weighted by Gasteiger charge is -2.24. The van der Waals surface area contributed by atoms with Crippen LogP contribution in [0.25, 0.3) is 10.2 Å². The van der Waals surface area contributed by atoms with Gasteiger partial charge in [-0.25, -0.2) is 9.97 Å². The molecule has 0 saturated carbocycles. The van der Waals surface area contributed by atoms with Gasteiger partial charge in [0.2, 0.25) is 5.91 Å². The topological polar surface area (TPSA) is 78.4 Å². The Labute approximate surface area is 178 Å². The van der Waals surface area contributed by atoms with Crippen molar-refractivity contribution in [1.29, 1.82) is 0 Å². The Bertz CT molecular complexity index is 1040. The zero-order valence-electron chi connectivity index (χ0n) is 16.6. The molecule has 1 unspecified atom stereocenters. The Balaban J connectivity index is 1.28. The third-order valence-electron chi connectivity index (χ3n) is 5.77. The van der Waals surface area contributed by atoms with Crippen LogP contribution in [0.4, 0.5) is 10.9 Å². The van der Waals surface area contributed by atoms with Crippen molar-refractivity contribution in [2.24, 2.45) is 0 Å². The van der Waals surface area contributed by atoms with E-state index in [0.29, 0.717) is 23.7 Å². The monoisotopic (exact) mass is 421 g/mol. The molecule has 5 rings (SSSR count). The predicted molar refractivity (Wildman–Crippen MR) is 118 cm³/mol. The van der Waals surface area contributed by atoms with Gasteiger partial charge in [0, 0.05) is 25.8 Å². The molecule has 0 aliphatic carbocycles. The molecule has 2 saturated heterocycles.